The monoisotopic (exact) mass is 419 g/mol. The van der Waals surface area contributed by atoms with Crippen LogP contribution in [0.3, 0.4) is 0 Å². The molecule has 2 atom stereocenters. The predicted octanol–water partition coefficient (Wildman–Crippen LogP) is 5.96. The largest absolute Gasteiger partial charge is 0.489 e. The van der Waals surface area contributed by atoms with Crippen molar-refractivity contribution in [2.24, 2.45) is 0 Å². The molecule has 0 bridgehead atoms. The second-order valence-electron chi connectivity index (χ2n) is 7.42. The smallest absolute Gasteiger partial charge is 0.199 e. The summed E-state index contributed by atoms with van der Waals surface area (Å²) in [7, 11) is 0. The third kappa shape index (κ3) is 5.50. The maximum absolute atomic E-state index is 6.03. The lowest BCUT2D eigenvalue weighted by Gasteiger charge is -2.28. The van der Waals surface area contributed by atoms with Crippen LogP contribution >= 0.6 is 0 Å². The molecule has 0 spiro atoms. The van der Waals surface area contributed by atoms with E-state index >= 15 is 0 Å². The maximum Gasteiger partial charge on any atom is 0.199 e. The van der Waals surface area contributed by atoms with E-state index in [9.17, 15) is 0 Å². The molecule has 0 saturated carbocycles. The average molecular weight is 420 g/mol. The number of hydrogen-bond donors (Lipinski definition) is 1. The highest BCUT2D eigenvalue weighted by molar-refractivity contribution is 5.61. The van der Waals surface area contributed by atoms with Crippen molar-refractivity contribution >= 4 is 5.69 Å². The number of hydrogen-bond acceptors (Lipinski definition) is 5. The molecule has 5 nitrogen and oxygen atoms in total. The Labute approximate surface area is 183 Å². The first-order chi connectivity index (χ1) is 15.2. The zero-order chi connectivity index (χ0) is 21.5. The minimum absolute atomic E-state index is 0.0755. The minimum Gasteiger partial charge on any atom is -0.489 e. The Bertz CT molecular complexity index is 959. The van der Waals surface area contributed by atoms with Gasteiger partial charge in [-0.2, -0.15) is 0 Å². The van der Waals surface area contributed by atoms with E-state index in [4.69, 9.17) is 18.9 Å². The van der Waals surface area contributed by atoms with Crippen molar-refractivity contribution in [3.05, 3.63) is 83.9 Å². The molecule has 31 heavy (non-hydrogen) atoms. The first kappa shape index (κ1) is 21.1. The van der Waals surface area contributed by atoms with E-state index in [1.807, 2.05) is 62.4 Å². The molecule has 1 aliphatic heterocycles. The van der Waals surface area contributed by atoms with Gasteiger partial charge in [-0.25, -0.2) is 0 Å². The second kappa shape index (κ2) is 10.2. The summed E-state index contributed by atoms with van der Waals surface area (Å²) in [5, 5.41) is 3.56. The van der Waals surface area contributed by atoms with Crippen LogP contribution in [0.25, 0.3) is 0 Å². The highest BCUT2D eigenvalue weighted by Gasteiger charge is 2.21. The number of benzene rings is 3. The van der Waals surface area contributed by atoms with Crippen molar-refractivity contribution in [2.75, 3.05) is 18.5 Å². The quantitative estimate of drug-likeness (QED) is 0.434. The van der Waals surface area contributed by atoms with Crippen molar-refractivity contribution in [3.8, 4) is 17.2 Å². The van der Waals surface area contributed by atoms with Gasteiger partial charge in [0.1, 0.15) is 30.5 Å². The minimum atomic E-state index is -0.211. The van der Waals surface area contributed by atoms with Crippen LogP contribution < -0.4 is 19.5 Å². The van der Waals surface area contributed by atoms with Crippen LogP contribution in [0.5, 0.6) is 17.2 Å². The summed E-state index contributed by atoms with van der Waals surface area (Å²) < 4.78 is 23.4. The Morgan fingerprint density at radius 1 is 0.968 bits per heavy atom. The van der Waals surface area contributed by atoms with Gasteiger partial charge in [-0.1, -0.05) is 49.4 Å². The third-order valence-electron chi connectivity index (χ3n) is 5.17. The topological polar surface area (TPSA) is 49.0 Å². The average Bonchev–Trinajstić information content (AvgIpc) is 2.83. The number of ether oxygens (including phenoxy) is 4. The van der Waals surface area contributed by atoms with Crippen LogP contribution in [0.15, 0.2) is 72.8 Å². The van der Waals surface area contributed by atoms with E-state index in [0.717, 1.165) is 40.5 Å². The third-order valence-corrected chi connectivity index (χ3v) is 5.17. The first-order valence-corrected chi connectivity index (χ1v) is 10.8. The predicted molar refractivity (Wildman–Crippen MR) is 122 cm³/mol. The van der Waals surface area contributed by atoms with Crippen molar-refractivity contribution in [2.45, 2.75) is 39.2 Å². The summed E-state index contributed by atoms with van der Waals surface area (Å²) in [5.41, 5.74) is 3.25. The first-order valence-electron chi connectivity index (χ1n) is 10.8. The van der Waals surface area contributed by atoms with Crippen molar-refractivity contribution in [1.82, 2.24) is 0 Å². The van der Waals surface area contributed by atoms with Gasteiger partial charge in [0.15, 0.2) is 6.29 Å². The van der Waals surface area contributed by atoms with Crippen molar-refractivity contribution < 1.29 is 18.9 Å². The van der Waals surface area contributed by atoms with Crippen molar-refractivity contribution in [1.29, 1.82) is 0 Å². The summed E-state index contributed by atoms with van der Waals surface area (Å²) in [6, 6.07) is 24.2. The van der Waals surface area contributed by atoms with Crippen molar-refractivity contribution in [3.63, 3.8) is 0 Å². The van der Waals surface area contributed by atoms with Gasteiger partial charge in [-0.15, -0.1) is 0 Å². The molecule has 0 saturated heterocycles. The van der Waals surface area contributed by atoms with Crippen LogP contribution in [0.1, 0.15) is 37.4 Å². The standard InChI is InChI=1S/C26H29NO4/c1-3-26(28-4-2)31-21-12-10-20(11-13-21)24-18-30-25-16-22(14-15-23(25)27-24)29-17-19-8-6-5-7-9-19/h5-16,24,26-27H,3-4,17-18H2,1-2H3/t24-,26?/m0/s1. The fourth-order valence-electron chi connectivity index (χ4n) is 3.51. The van der Waals surface area contributed by atoms with Crippen LogP contribution in [-0.2, 0) is 11.3 Å². The number of nitrogens with one attached hydrogen (secondary N) is 1. The zero-order valence-electron chi connectivity index (χ0n) is 18.0. The van der Waals surface area contributed by atoms with Crippen LogP contribution in [0.4, 0.5) is 5.69 Å². The normalized spacial score (nSPS) is 15.9. The number of fused-ring (bicyclic) bond motifs is 1. The van der Waals surface area contributed by atoms with Gasteiger partial charge >= 0.3 is 0 Å². The van der Waals surface area contributed by atoms with E-state index in [2.05, 4.69) is 29.6 Å². The molecule has 5 heteroatoms. The Balaban J connectivity index is 1.36. The second-order valence-corrected chi connectivity index (χ2v) is 7.42. The van der Waals surface area contributed by atoms with Crippen LogP contribution in [0.2, 0.25) is 0 Å². The van der Waals surface area contributed by atoms with Gasteiger partial charge in [-0.05, 0) is 42.3 Å². The SMILES string of the molecule is CCOC(CC)Oc1ccc([C@@H]2COc3cc(OCc4ccccc4)ccc3N2)cc1. The molecule has 1 N–H and O–H groups in total. The van der Waals surface area contributed by atoms with Crippen LogP contribution in [0, 0.1) is 0 Å². The lowest BCUT2D eigenvalue weighted by Crippen LogP contribution is -2.24. The van der Waals surface area contributed by atoms with E-state index in [0.29, 0.717) is 19.8 Å². The fraction of sp³-hybridized carbons (Fsp3) is 0.308. The molecule has 4 rings (SSSR count). The highest BCUT2D eigenvalue weighted by atomic mass is 16.7. The number of anilines is 1. The van der Waals surface area contributed by atoms with E-state index < -0.39 is 0 Å². The Hall–Kier alpha value is -3.18. The fourth-order valence-corrected chi connectivity index (χ4v) is 3.51. The molecule has 162 valence electrons. The van der Waals surface area contributed by atoms with E-state index in [1.165, 1.54) is 0 Å². The summed E-state index contributed by atoms with van der Waals surface area (Å²) in [6.45, 7) is 5.74. The lowest BCUT2D eigenvalue weighted by molar-refractivity contribution is -0.0766. The Kier molecular flexibility index (Phi) is 6.95. The number of rotatable bonds is 9. The molecule has 0 radical (unpaired) electrons. The summed E-state index contributed by atoms with van der Waals surface area (Å²) in [6.07, 6.45) is 0.596. The molecule has 0 aliphatic carbocycles. The summed E-state index contributed by atoms with van der Waals surface area (Å²) in [4.78, 5) is 0. The molecular weight excluding hydrogens is 390 g/mol. The molecule has 0 aromatic heterocycles. The summed E-state index contributed by atoms with van der Waals surface area (Å²) >= 11 is 0. The Morgan fingerprint density at radius 2 is 1.74 bits per heavy atom. The molecule has 0 amide bonds. The maximum atomic E-state index is 6.03. The highest BCUT2D eigenvalue weighted by Crippen LogP contribution is 2.37. The van der Waals surface area contributed by atoms with Crippen LogP contribution in [-0.4, -0.2) is 19.5 Å². The van der Waals surface area contributed by atoms with E-state index in [1.54, 1.807) is 0 Å². The lowest BCUT2D eigenvalue weighted by atomic mass is 10.1. The molecular formula is C26H29NO4. The molecule has 1 unspecified atom stereocenters. The Morgan fingerprint density at radius 3 is 2.48 bits per heavy atom. The molecule has 1 heterocycles. The van der Waals surface area contributed by atoms with Gasteiger partial charge in [0.2, 0.25) is 0 Å². The zero-order valence-corrected chi connectivity index (χ0v) is 18.0. The van der Waals surface area contributed by atoms with Gasteiger partial charge in [0, 0.05) is 19.1 Å². The summed E-state index contributed by atoms with van der Waals surface area (Å²) in [5.74, 6) is 2.41. The molecule has 1 aliphatic rings. The van der Waals surface area contributed by atoms with Gasteiger partial charge in [-0.3, -0.25) is 0 Å². The van der Waals surface area contributed by atoms with Gasteiger partial charge in [0.25, 0.3) is 0 Å². The van der Waals surface area contributed by atoms with Gasteiger partial charge in [0.05, 0.1) is 11.7 Å². The molecule has 0 fully saturated rings. The van der Waals surface area contributed by atoms with Gasteiger partial charge < -0.3 is 24.3 Å². The van der Waals surface area contributed by atoms with E-state index in [-0.39, 0.29) is 12.3 Å². The molecule has 3 aromatic rings. The molecule has 3 aromatic carbocycles.